The average Bonchev–Trinajstić information content (AvgIpc) is 3.10. The number of aromatic nitrogens is 2. The molecule has 21 heavy (non-hydrogen) atoms. The van der Waals surface area contributed by atoms with Crippen LogP contribution in [-0.4, -0.2) is 28.0 Å². The van der Waals surface area contributed by atoms with Gasteiger partial charge in [0.2, 0.25) is 0 Å². The summed E-state index contributed by atoms with van der Waals surface area (Å²) in [5.41, 5.74) is 2.46. The van der Waals surface area contributed by atoms with Crippen LogP contribution in [0, 0.1) is 6.92 Å². The Balaban J connectivity index is 1.94. The maximum Gasteiger partial charge on any atom is 0.270 e. The normalized spacial score (nSPS) is 11.0. The van der Waals surface area contributed by atoms with E-state index in [2.05, 4.69) is 9.97 Å². The minimum Gasteiger partial charge on any atom is -0.389 e. The van der Waals surface area contributed by atoms with Crippen LogP contribution in [0.3, 0.4) is 0 Å². The molecule has 0 fully saturated rings. The largest absolute Gasteiger partial charge is 0.389 e. The Labute approximate surface area is 125 Å². The topological polar surface area (TPSA) is 69.2 Å². The second-order valence-corrected chi connectivity index (χ2v) is 5.88. The lowest BCUT2D eigenvalue weighted by molar-refractivity contribution is 0.0996. The number of hydrogen-bond donors (Lipinski definition) is 2. The molecule has 3 rings (SSSR count). The summed E-state index contributed by atoms with van der Waals surface area (Å²) >= 11 is 1.24. The van der Waals surface area contributed by atoms with Crippen LogP contribution >= 0.6 is 11.3 Å². The Hall–Kier alpha value is -2.18. The highest BCUT2D eigenvalue weighted by Crippen LogP contribution is 2.25. The maximum absolute atomic E-state index is 12.6. The van der Waals surface area contributed by atoms with Crippen LogP contribution in [0.5, 0.6) is 0 Å². The number of nitrogens with zero attached hydrogens (tertiary/aromatic N) is 2. The number of rotatable bonds is 3. The molecule has 0 saturated carbocycles. The molecule has 0 unspecified atom stereocenters. The molecule has 5 nitrogen and oxygen atoms in total. The predicted octanol–water partition coefficient (Wildman–Crippen LogP) is 2.70. The number of fused-ring (bicyclic) bond motifs is 1. The molecule has 3 aromatic rings. The summed E-state index contributed by atoms with van der Waals surface area (Å²) in [5, 5.41) is 10.8. The van der Waals surface area contributed by atoms with Gasteiger partial charge in [0.05, 0.1) is 12.3 Å². The van der Waals surface area contributed by atoms with Crippen molar-refractivity contribution in [3.05, 3.63) is 46.0 Å². The fraction of sp³-hybridized carbons (Fsp3) is 0.200. The third-order valence-electron chi connectivity index (χ3n) is 3.40. The zero-order valence-corrected chi connectivity index (χ0v) is 12.6. The van der Waals surface area contributed by atoms with Crippen molar-refractivity contribution in [2.45, 2.75) is 13.5 Å². The van der Waals surface area contributed by atoms with Gasteiger partial charge in [-0.1, -0.05) is 6.07 Å². The van der Waals surface area contributed by atoms with E-state index >= 15 is 0 Å². The molecule has 6 heteroatoms. The van der Waals surface area contributed by atoms with Crippen LogP contribution in [0.4, 0.5) is 5.69 Å². The van der Waals surface area contributed by atoms with E-state index in [1.807, 2.05) is 30.5 Å². The fourth-order valence-corrected chi connectivity index (χ4v) is 3.13. The van der Waals surface area contributed by atoms with Gasteiger partial charge in [0.15, 0.2) is 0 Å². The number of thiazole rings is 1. The van der Waals surface area contributed by atoms with Crippen molar-refractivity contribution in [2.75, 3.05) is 11.9 Å². The van der Waals surface area contributed by atoms with E-state index in [0.29, 0.717) is 15.6 Å². The number of carbonyl (C=O) groups excluding carboxylic acids is 1. The first-order chi connectivity index (χ1) is 10.1. The Morgan fingerprint density at radius 1 is 1.43 bits per heavy atom. The van der Waals surface area contributed by atoms with Crippen LogP contribution in [0.2, 0.25) is 0 Å². The monoisotopic (exact) mass is 301 g/mol. The van der Waals surface area contributed by atoms with Crippen molar-refractivity contribution in [3.8, 4) is 0 Å². The summed E-state index contributed by atoms with van der Waals surface area (Å²) in [5.74, 6) is -0.115. The molecule has 2 heterocycles. The van der Waals surface area contributed by atoms with E-state index in [1.165, 1.54) is 11.3 Å². The molecule has 0 aliphatic heterocycles. The van der Waals surface area contributed by atoms with Gasteiger partial charge >= 0.3 is 0 Å². The second-order valence-electron chi connectivity index (χ2n) is 4.79. The number of aliphatic hydroxyl groups excluding tert-OH is 1. The zero-order chi connectivity index (χ0) is 15.0. The highest BCUT2D eigenvalue weighted by molar-refractivity contribution is 7.13. The molecule has 1 aromatic carbocycles. The number of hydrogen-bond acceptors (Lipinski definition) is 4. The number of anilines is 1. The summed E-state index contributed by atoms with van der Waals surface area (Å²) in [4.78, 5) is 22.1. The number of aromatic amines is 1. The number of benzene rings is 1. The van der Waals surface area contributed by atoms with Crippen LogP contribution < -0.4 is 4.90 Å². The first kappa shape index (κ1) is 13.8. The zero-order valence-electron chi connectivity index (χ0n) is 11.8. The van der Waals surface area contributed by atoms with Gasteiger partial charge in [-0.05, 0) is 30.5 Å². The summed E-state index contributed by atoms with van der Waals surface area (Å²) in [6, 6.07) is 7.82. The van der Waals surface area contributed by atoms with Gasteiger partial charge in [0.1, 0.15) is 9.88 Å². The van der Waals surface area contributed by atoms with Crippen molar-refractivity contribution >= 4 is 33.8 Å². The lowest BCUT2D eigenvalue weighted by atomic mass is 10.2. The number of carbonyl (C=O) groups is 1. The molecule has 2 N–H and O–H groups in total. The molecule has 0 aliphatic rings. The van der Waals surface area contributed by atoms with Gasteiger partial charge in [-0.2, -0.15) is 0 Å². The Morgan fingerprint density at radius 3 is 2.95 bits per heavy atom. The van der Waals surface area contributed by atoms with Crippen LogP contribution in [-0.2, 0) is 6.61 Å². The van der Waals surface area contributed by atoms with Gasteiger partial charge in [-0.15, -0.1) is 11.3 Å². The minimum absolute atomic E-state index is 0.115. The van der Waals surface area contributed by atoms with E-state index in [1.54, 1.807) is 18.9 Å². The quantitative estimate of drug-likeness (QED) is 0.781. The van der Waals surface area contributed by atoms with E-state index < -0.39 is 0 Å². The fourth-order valence-electron chi connectivity index (χ4n) is 2.23. The van der Waals surface area contributed by atoms with E-state index in [0.717, 1.165) is 16.6 Å². The smallest absolute Gasteiger partial charge is 0.270 e. The van der Waals surface area contributed by atoms with Gasteiger partial charge in [0.25, 0.3) is 5.91 Å². The number of aliphatic hydroxyl groups is 1. The third kappa shape index (κ3) is 2.43. The highest BCUT2D eigenvalue weighted by Gasteiger charge is 2.20. The lowest BCUT2D eigenvalue weighted by Crippen LogP contribution is -2.25. The van der Waals surface area contributed by atoms with Crippen molar-refractivity contribution in [1.29, 1.82) is 0 Å². The molecular formula is C15H15N3O2S. The molecule has 0 radical (unpaired) electrons. The Kier molecular flexibility index (Phi) is 3.48. The summed E-state index contributed by atoms with van der Waals surface area (Å²) < 4.78 is 0. The van der Waals surface area contributed by atoms with E-state index in [4.69, 9.17) is 5.11 Å². The molecule has 0 spiro atoms. The second kappa shape index (κ2) is 5.31. The minimum atomic E-state index is -0.142. The maximum atomic E-state index is 12.6. The molecule has 0 bridgehead atoms. The third-order valence-corrected chi connectivity index (χ3v) is 4.53. The van der Waals surface area contributed by atoms with Crippen LogP contribution in [0.15, 0.2) is 30.5 Å². The average molecular weight is 301 g/mol. The molecular weight excluding hydrogens is 286 g/mol. The lowest BCUT2D eigenvalue weighted by Gasteiger charge is -2.16. The molecule has 0 atom stereocenters. The van der Waals surface area contributed by atoms with E-state index in [9.17, 15) is 4.79 Å². The van der Waals surface area contributed by atoms with Gasteiger partial charge in [0, 0.05) is 24.4 Å². The number of H-pyrrole nitrogens is 1. The molecule has 0 saturated heterocycles. The SMILES string of the molecule is Cc1nc(CO)sc1C(=O)N(C)c1ccc2cc[nH]c2c1. The standard InChI is InChI=1S/C15H15N3O2S/c1-9-14(21-13(8-19)17-9)15(20)18(2)11-4-3-10-5-6-16-12(10)7-11/h3-7,16,19H,8H2,1-2H3. The van der Waals surface area contributed by atoms with Crippen molar-refractivity contribution in [1.82, 2.24) is 9.97 Å². The highest BCUT2D eigenvalue weighted by atomic mass is 32.1. The van der Waals surface area contributed by atoms with Crippen LogP contribution in [0.1, 0.15) is 20.4 Å². The van der Waals surface area contributed by atoms with Crippen molar-refractivity contribution < 1.29 is 9.90 Å². The summed E-state index contributed by atoms with van der Waals surface area (Å²) in [6.07, 6.45) is 1.87. The van der Waals surface area contributed by atoms with Gasteiger partial charge < -0.3 is 15.0 Å². The van der Waals surface area contributed by atoms with Gasteiger partial charge in [-0.3, -0.25) is 4.79 Å². The summed E-state index contributed by atoms with van der Waals surface area (Å²) in [6.45, 7) is 1.64. The predicted molar refractivity (Wildman–Crippen MR) is 83.8 cm³/mol. The Bertz CT molecular complexity index is 806. The van der Waals surface area contributed by atoms with E-state index in [-0.39, 0.29) is 12.5 Å². The first-order valence-electron chi connectivity index (χ1n) is 6.52. The number of nitrogens with one attached hydrogen (secondary N) is 1. The molecule has 2 aromatic heterocycles. The van der Waals surface area contributed by atoms with Crippen LogP contribution in [0.25, 0.3) is 10.9 Å². The van der Waals surface area contributed by atoms with Crippen molar-refractivity contribution in [3.63, 3.8) is 0 Å². The Morgan fingerprint density at radius 2 is 2.24 bits per heavy atom. The molecule has 108 valence electrons. The molecule has 1 amide bonds. The number of aryl methyl sites for hydroxylation is 1. The summed E-state index contributed by atoms with van der Waals surface area (Å²) in [7, 11) is 1.74. The molecule has 0 aliphatic carbocycles. The van der Waals surface area contributed by atoms with Crippen molar-refractivity contribution in [2.24, 2.45) is 0 Å². The first-order valence-corrected chi connectivity index (χ1v) is 7.34. The number of amides is 1. The van der Waals surface area contributed by atoms with Gasteiger partial charge in [-0.25, -0.2) is 4.98 Å².